The monoisotopic (exact) mass is 276 g/mol. The molecule has 0 radical (unpaired) electrons. The van der Waals surface area contributed by atoms with Crippen molar-refractivity contribution in [3.8, 4) is 0 Å². The lowest BCUT2D eigenvalue weighted by atomic mass is 9.89. The van der Waals surface area contributed by atoms with E-state index in [0.717, 1.165) is 11.1 Å². The molecule has 1 aromatic rings. The highest BCUT2D eigenvalue weighted by Gasteiger charge is 2.32. The summed E-state index contributed by atoms with van der Waals surface area (Å²) in [6.45, 7) is 3.10. The zero-order valence-electron chi connectivity index (χ0n) is 11.6. The molecular weight excluding hydrogens is 256 g/mol. The molecule has 1 aliphatic heterocycles. The normalized spacial score (nSPS) is 19.3. The maximum absolute atomic E-state index is 12.2. The third-order valence-corrected chi connectivity index (χ3v) is 3.77. The summed E-state index contributed by atoms with van der Waals surface area (Å²) in [5, 5.41) is 9.35. The van der Waals surface area contributed by atoms with E-state index in [1.165, 1.54) is 0 Å². The van der Waals surface area contributed by atoms with E-state index in [1.54, 1.807) is 4.90 Å². The lowest BCUT2D eigenvalue weighted by Crippen LogP contribution is -2.41. The molecule has 5 nitrogen and oxygen atoms in total. The number of aliphatic carboxylic acids is 1. The van der Waals surface area contributed by atoms with Crippen LogP contribution < -0.4 is 5.73 Å². The van der Waals surface area contributed by atoms with Gasteiger partial charge in [-0.15, -0.1) is 0 Å². The number of carboxylic acid groups (broad SMARTS) is 1. The third kappa shape index (κ3) is 2.99. The minimum Gasteiger partial charge on any atom is -0.481 e. The smallest absolute Gasteiger partial charge is 0.312 e. The highest BCUT2D eigenvalue weighted by molar-refractivity contribution is 5.81. The molecule has 1 heterocycles. The summed E-state index contributed by atoms with van der Waals surface area (Å²) < 4.78 is 0. The van der Waals surface area contributed by atoms with Crippen LogP contribution in [0.25, 0.3) is 0 Å². The molecule has 108 valence electrons. The quantitative estimate of drug-likeness (QED) is 0.865. The fourth-order valence-electron chi connectivity index (χ4n) is 2.52. The van der Waals surface area contributed by atoms with Crippen molar-refractivity contribution in [1.29, 1.82) is 0 Å². The van der Waals surface area contributed by atoms with Gasteiger partial charge in [0.15, 0.2) is 0 Å². The Bertz CT molecular complexity index is 516. The Balaban J connectivity index is 2.20. The molecule has 2 unspecified atom stereocenters. The van der Waals surface area contributed by atoms with E-state index >= 15 is 0 Å². The van der Waals surface area contributed by atoms with Gasteiger partial charge in [-0.25, -0.2) is 0 Å². The van der Waals surface area contributed by atoms with E-state index in [4.69, 9.17) is 5.73 Å². The van der Waals surface area contributed by atoms with E-state index < -0.39 is 11.9 Å². The fraction of sp³-hybridized carbons (Fsp3) is 0.467. The van der Waals surface area contributed by atoms with Gasteiger partial charge in [0.2, 0.25) is 5.91 Å². The number of carbonyl (C=O) groups is 2. The summed E-state index contributed by atoms with van der Waals surface area (Å²) in [4.78, 5) is 25.3. The maximum atomic E-state index is 12.2. The second-order valence-electron chi connectivity index (χ2n) is 5.41. The van der Waals surface area contributed by atoms with Crippen LogP contribution in [0, 0.1) is 5.92 Å². The van der Waals surface area contributed by atoms with E-state index in [-0.39, 0.29) is 18.4 Å². The summed E-state index contributed by atoms with van der Waals surface area (Å²) >= 11 is 0. The Morgan fingerprint density at radius 3 is 2.80 bits per heavy atom. The first kappa shape index (κ1) is 14.5. The van der Waals surface area contributed by atoms with Gasteiger partial charge in [0.1, 0.15) is 0 Å². The maximum Gasteiger partial charge on any atom is 0.312 e. The van der Waals surface area contributed by atoms with Crippen molar-refractivity contribution in [2.24, 2.45) is 11.7 Å². The van der Waals surface area contributed by atoms with Crippen LogP contribution in [-0.2, 0) is 16.1 Å². The largest absolute Gasteiger partial charge is 0.481 e. The first-order valence-electron chi connectivity index (χ1n) is 6.81. The van der Waals surface area contributed by atoms with Gasteiger partial charge in [-0.3, -0.25) is 9.59 Å². The zero-order chi connectivity index (χ0) is 14.7. The molecular formula is C15H20N2O3. The minimum absolute atomic E-state index is 0.0243. The Kier molecular flexibility index (Phi) is 4.39. The van der Waals surface area contributed by atoms with Crippen LogP contribution in [0.15, 0.2) is 24.3 Å². The molecule has 2 atom stereocenters. The lowest BCUT2D eigenvalue weighted by Gasteiger charge is -2.33. The summed E-state index contributed by atoms with van der Waals surface area (Å²) in [5.41, 5.74) is 7.27. The number of fused-ring (bicyclic) bond motifs is 1. The molecule has 0 bridgehead atoms. The molecule has 0 saturated heterocycles. The van der Waals surface area contributed by atoms with Crippen LogP contribution in [0.4, 0.5) is 0 Å². The van der Waals surface area contributed by atoms with Gasteiger partial charge in [0.05, 0.1) is 5.92 Å². The fourth-order valence-corrected chi connectivity index (χ4v) is 2.52. The van der Waals surface area contributed by atoms with Crippen LogP contribution in [0.5, 0.6) is 0 Å². The Morgan fingerprint density at radius 1 is 1.45 bits per heavy atom. The van der Waals surface area contributed by atoms with Crippen molar-refractivity contribution >= 4 is 11.9 Å². The van der Waals surface area contributed by atoms with Crippen molar-refractivity contribution in [3.05, 3.63) is 35.4 Å². The predicted molar refractivity (Wildman–Crippen MR) is 75.1 cm³/mol. The van der Waals surface area contributed by atoms with Crippen LogP contribution in [0.2, 0.25) is 0 Å². The number of hydrogen-bond acceptors (Lipinski definition) is 3. The molecule has 20 heavy (non-hydrogen) atoms. The number of hydrogen-bond donors (Lipinski definition) is 2. The minimum atomic E-state index is -0.887. The molecule has 2 rings (SSSR count). The summed E-state index contributed by atoms with van der Waals surface area (Å²) in [6.07, 6.45) is 0.366. The van der Waals surface area contributed by atoms with Gasteiger partial charge in [-0.1, -0.05) is 31.2 Å². The SMILES string of the molecule is CC(CN)CC(=O)N1Cc2ccccc2C(C(=O)O)C1. The molecule has 0 saturated carbocycles. The molecule has 0 aromatic heterocycles. The number of carboxylic acids is 1. The van der Waals surface area contributed by atoms with Crippen LogP contribution >= 0.6 is 0 Å². The first-order valence-corrected chi connectivity index (χ1v) is 6.81. The van der Waals surface area contributed by atoms with E-state index in [0.29, 0.717) is 19.5 Å². The number of amides is 1. The average molecular weight is 276 g/mol. The molecule has 1 aromatic carbocycles. The Labute approximate surface area is 118 Å². The summed E-state index contributed by atoms with van der Waals surface area (Å²) in [5.74, 6) is -1.44. The number of carbonyl (C=O) groups excluding carboxylic acids is 1. The van der Waals surface area contributed by atoms with Crippen molar-refractivity contribution in [3.63, 3.8) is 0 Å². The Morgan fingerprint density at radius 2 is 2.15 bits per heavy atom. The van der Waals surface area contributed by atoms with Gasteiger partial charge < -0.3 is 15.7 Å². The Hall–Kier alpha value is -1.88. The average Bonchev–Trinajstić information content (AvgIpc) is 2.45. The van der Waals surface area contributed by atoms with Crippen molar-refractivity contribution in [1.82, 2.24) is 4.90 Å². The van der Waals surface area contributed by atoms with Crippen molar-refractivity contribution in [2.75, 3.05) is 13.1 Å². The molecule has 1 amide bonds. The second-order valence-corrected chi connectivity index (χ2v) is 5.41. The molecule has 3 N–H and O–H groups in total. The van der Waals surface area contributed by atoms with Crippen LogP contribution in [0.3, 0.4) is 0 Å². The first-order chi connectivity index (χ1) is 9.52. The molecule has 1 aliphatic rings. The van der Waals surface area contributed by atoms with Crippen molar-refractivity contribution in [2.45, 2.75) is 25.8 Å². The van der Waals surface area contributed by atoms with Gasteiger partial charge in [-0.2, -0.15) is 0 Å². The van der Waals surface area contributed by atoms with Crippen LogP contribution in [0.1, 0.15) is 30.4 Å². The van der Waals surface area contributed by atoms with Gasteiger partial charge >= 0.3 is 5.97 Å². The number of rotatable bonds is 4. The second kappa shape index (κ2) is 6.05. The molecule has 0 spiro atoms. The summed E-state index contributed by atoms with van der Waals surface area (Å²) in [7, 11) is 0. The highest BCUT2D eigenvalue weighted by atomic mass is 16.4. The zero-order valence-corrected chi connectivity index (χ0v) is 11.6. The third-order valence-electron chi connectivity index (χ3n) is 3.77. The standard InChI is InChI=1S/C15H20N2O3/c1-10(7-16)6-14(18)17-8-11-4-2-3-5-12(11)13(9-17)15(19)20/h2-5,10,13H,6-9,16H2,1H3,(H,19,20). The van der Waals surface area contributed by atoms with E-state index in [1.807, 2.05) is 31.2 Å². The van der Waals surface area contributed by atoms with Crippen LogP contribution in [-0.4, -0.2) is 35.0 Å². The summed E-state index contributed by atoms with van der Waals surface area (Å²) in [6, 6.07) is 7.42. The van der Waals surface area contributed by atoms with Gasteiger partial charge in [-0.05, 0) is 23.6 Å². The van der Waals surface area contributed by atoms with Gasteiger partial charge in [0, 0.05) is 19.5 Å². The number of nitrogens with zero attached hydrogens (tertiary/aromatic N) is 1. The highest BCUT2D eigenvalue weighted by Crippen LogP contribution is 2.29. The predicted octanol–water partition coefficient (Wildman–Crippen LogP) is 1.18. The topological polar surface area (TPSA) is 83.6 Å². The van der Waals surface area contributed by atoms with E-state index in [2.05, 4.69) is 0 Å². The number of benzene rings is 1. The lowest BCUT2D eigenvalue weighted by molar-refractivity contribution is -0.141. The van der Waals surface area contributed by atoms with Gasteiger partial charge in [0.25, 0.3) is 0 Å². The molecule has 0 fully saturated rings. The number of nitrogens with two attached hydrogens (primary N) is 1. The molecule has 5 heteroatoms. The molecule has 0 aliphatic carbocycles. The van der Waals surface area contributed by atoms with Crippen molar-refractivity contribution < 1.29 is 14.7 Å². The van der Waals surface area contributed by atoms with E-state index in [9.17, 15) is 14.7 Å².